The Morgan fingerprint density at radius 2 is 1.95 bits per heavy atom. The molecule has 0 aliphatic heterocycles. The van der Waals surface area contributed by atoms with E-state index in [0.717, 1.165) is 5.56 Å². The summed E-state index contributed by atoms with van der Waals surface area (Å²) >= 11 is 0. The van der Waals surface area contributed by atoms with E-state index in [1.807, 2.05) is 6.07 Å². The van der Waals surface area contributed by atoms with E-state index in [2.05, 4.69) is 5.32 Å². The summed E-state index contributed by atoms with van der Waals surface area (Å²) in [5.74, 6) is -1.15. The Hall–Kier alpha value is -3.07. The van der Waals surface area contributed by atoms with Crippen LogP contribution in [-0.4, -0.2) is 23.0 Å². The molecule has 6 nitrogen and oxygen atoms in total. The van der Waals surface area contributed by atoms with E-state index in [9.17, 15) is 9.59 Å². The van der Waals surface area contributed by atoms with E-state index >= 15 is 0 Å². The number of nitrogens with zero attached hydrogens (tertiary/aromatic N) is 1. The zero-order valence-corrected chi connectivity index (χ0v) is 11.9. The van der Waals surface area contributed by atoms with Gasteiger partial charge >= 0.3 is 5.97 Å². The van der Waals surface area contributed by atoms with Gasteiger partial charge in [0.05, 0.1) is 11.6 Å². The lowest BCUT2D eigenvalue weighted by Gasteiger charge is -2.10. The summed E-state index contributed by atoms with van der Waals surface area (Å²) < 4.78 is 5.44. The first-order valence-corrected chi connectivity index (χ1v) is 6.69. The Balaban J connectivity index is 2.15. The highest BCUT2D eigenvalue weighted by molar-refractivity contribution is 5.94. The molecule has 1 amide bonds. The number of nitriles is 1. The second kappa shape index (κ2) is 6.59. The quantitative estimate of drug-likeness (QED) is 0.882. The molecule has 22 heavy (non-hydrogen) atoms. The van der Waals surface area contributed by atoms with Gasteiger partial charge in [-0.25, -0.2) is 4.79 Å². The van der Waals surface area contributed by atoms with Crippen LogP contribution in [0.3, 0.4) is 0 Å². The maximum Gasteiger partial charge on any atom is 0.326 e. The summed E-state index contributed by atoms with van der Waals surface area (Å²) in [4.78, 5) is 22.9. The van der Waals surface area contributed by atoms with Crippen molar-refractivity contribution in [2.45, 2.75) is 19.4 Å². The van der Waals surface area contributed by atoms with Crippen molar-refractivity contribution in [2.75, 3.05) is 0 Å². The van der Waals surface area contributed by atoms with Gasteiger partial charge in [-0.15, -0.1) is 0 Å². The molecule has 2 rings (SSSR count). The minimum Gasteiger partial charge on any atom is -0.480 e. The minimum absolute atomic E-state index is 0.0408. The van der Waals surface area contributed by atoms with Crippen molar-refractivity contribution in [3.8, 4) is 17.4 Å². The average molecular weight is 298 g/mol. The molecule has 0 bridgehead atoms. The molecular weight excluding hydrogens is 284 g/mol. The first-order valence-electron chi connectivity index (χ1n) is 6.69. The molecule has 0 saturated carbocycles. The Morgan fingerprint density at radius 3 is 2.50 bits per heavy atom. The number of nitrogens with one attached hydrogen (secondary N) is 1. The molecule has 2 N–H and O–H groups in total. The molecule has 112 valence electrons. The van der Waals surface area contributed by atoms with Crippen LogP contribution in [0, 0.1) is 11.3 Å². The number of carboxylic acids is 1. The van der Waals surface area contributed by atoms with Gasteiger partial charge in [-0.2, -0.15) is 5.26 Å². The third-order valence-corrected chi connectivity index (χ3v) is 3.14. The summed E-state index contributed by atoms with van der Waals surface area (Å²) in [6.07, 6.45) is 0.282. The molecule has 1 heterocycles. The maximum atomic E-state index is 12.0. The van der Waals surface area contributed by atoms with E-state index in [1.165, 1.54) is 6.07 Å². The van der Waals surface area contributed by atoms with Crippen LogP contribution in [0.5, 0.6) is 0 Å². The minimum atomic E-state index is -1.09. The van der Waals surface area contributed by atoms with E-state index in [1.54, 1.807) is 37.3 Å². The van der Waals surface area contributed by atoms with E-state index in [0.29, 0.717) is 11.3 Å². The molecular formula is C16H14N2O4. The van der Waals surface area contributed by atoms with Crippen molar-refractivity contribution < 1.29 is 19.1 Å². The van der Waals surface area contributed by atoms with Gasteiger partial charge in [-0.3, -0.25) is 4.79 Å². The molecule has 1 aromatic heterocycles. The second-order valence-electron chi connectivity index (χ2n) is 4.63. The van der Waals surface area contributed by atoms with Crippen LogP contribution in [0.15, 0.2) is 40.8 Å². The van der Waals surface area contributed by atoms with E-state index < -0.39 is 17.9 Å². The molecule has 0 aliphatic carbocycles. The smallest absolute Gasteiger partial charge is 0.326 e. The standard InChI is InChI=1S/C16H14N2O4/c1-2-12(16(20)21)18-15(19)14-8-7-13(22-14)11-5-3-10(9-17)4-6-11/h3-8,12H,2H2,1H3,(H,18,19)(H,20,21)/t12-/m0/s1. The Morgan fingerprint density at radius 1 is 1.27 bits per heavy atom. The number of carbonyl (C=O) groups is 2. The third kappa shape index (κ3) is 3.33. The molecule has 6 heteroatoms. The summed E-state index contributed by atoms with van der Waals surface area (Å²) in [5.41, 5.74) is 1.25. The van der Waals surface area contributed by atoms with Gasteiger partial charge in [0.1, 0.15) is 11.8 Å². The highest BCUT2D eigenvalue weighted by atomic mass is 16.4. The molecule has 0 radical (unpaired) electrons. The molecule has 1 aromatic carbocycles. The summed E-state index contributed by atoms with van der Waals surface area (Å²) in [6.45, 7) is 1.67. The van der Waals surface area contributed by atoms with Crippen LogP contribution in [0.25, 0.3) is 11.3 Å². The lowest BCUT2D eigenvalue weighted by molar-refractivity contribution is -0.139. The van der Waals surface area contributed by atoms with E-state index in [4.69, 9.17) is 14.8 Å². The lowest BCUT2D eigenvalue weighted by Crippen LogP contribution is -2.40. The van der Waals surface area contributed by atoms with Gasteiger partial charge in [0.25, 0.3) is 5.91 Å². The van der Waals surface area contributed by atoms with Crippen molar-refractivity contribution in [3.05, 3.63) is 47.7 Å². The molecule has 0 fully saturated rings. The summed E-state index contributed by atoms with van der Waals surface area (Å²) in [7, 11) is 0. The number of carboxylic acid groups (broad SMARTS) is 1. The predicted molar refractivity (Wildman–Crippen MR) is 78.0 cm³/mol. The van der Waals surface area contributed by atoms with Crippen molar-refractivity contribution >= 4 is 11.9 Å². The largest absolute Gasteiger partial charge is 0.480 e. The van der Waals surface area contributed by atoms with Gasteiger partial charge in [0, 0.05) is 5.56 Å². The molecule has 2 aromatic rings. The third-order valence-electron chi connectivity index (χ3n) is 3.14. The van der Waals surface area contributed by atoms with Gasteiger partial charge in [0.2, 0.25) is 0 Å². The Labute approximate surface area is 127 Å². The zero-order valence-electron chi connectivity index (χ0n) is 11.9. The van der Waals surface area contributed by atoms with Gasteiger partial charge in [-0.05, 0) is 42.8 Å². The van der Waals surface area contributed by atoms with Gasteiger partial charge in [0.15, 0.2) is 5.76 Å². The Bertz CT molecular complexity index is 725. The highest BCUT2D eigenvalue weighted by Gasteiger charge is 2.20. The highest BCUT2D eigenvalue weighted by Crippen LogP contribution is 2.22. The van der Waals surface area contributed by atoms with Crippen molar-refractivity contribution in [1.82, 2.24) is 5.32 Å². The fourth-order valence-corrected chi connectivity index (χ4v) is 1.89. The van der Waals surface area contributed by atoms with Crippen molar-refractivity contribution in [3.63, 3.8) is 0 Å². The molecule has 0 spiro atoms. The van der Waals surface area contributed by atoms with Gasteiger partial charge in [-0.1, -0.05) is 6.92 Å². The van der Waals surface area contributed by atoms with Crippen LogP contribution in [0.1, 0.15) is 29.5 Å². The normalized spacial score (nSPS) is 11.5. The molecule has 0 unspecified atom stereocenters. The number of aliphatic carboxylic acids is 1. The van der Waals surface area contributed by atoms with Crippen LogP contribution in [-0.2, 0) is 4.79 Å². The fraction of sp³-hybridized carbons (Fsp3) is 0.188. The molecule has 0 aliphatic rings. The monoisotopic (exact) mass is 298 g/mol. The number of amides is 1. The molecule has 0 saturated heterocycles. The van der Waals surface area contributed by atoms with Crippen LogP contribution in [0.4, 0.5) is 0 Å². The molecule has 1 atom stereocenters. The predicted octanol–water partition coefficient (Wildman–Crippen LogP) is 2.41. The number of rotatable bonds is 5. The number of hydrogen-bond donors (Lipinski definition) is 2. The van der Waals surface area contributed by atoms with Crippen molar-refractivity contribution in [2.24, 2.45) is 0 Å². The Kier molecular flexibility index (Phi) is 4.59. The first kappa shape index (κ1) is 15.3. The summed E-state index contributed by atoms with van der Waals surface area (Å²) in [6, 6.07) is 10.9. The maximum absolute atomic E-state index is 12.0. The number of furan rings is 1. The lowest BCUT2D eigenvalue weighted by atomic mass is 10.1. The van der Waals surface area contributed by atoms with E-state index in [-0.39, 0.29) is 12.2 Å². The fourth-order valence-electron chi connectivity index (χ4n) is 1.89. The zero-order chi connectivity index (χ0) is 16.1. The topological polar surface area (TPSA) is 103 Å². The SMILES string of the molecule is CC[C@H](NC(=O)c1ccc(-c2ccc(C#N)cc2)o1)C(=O)O. The van der Waals surface area contributed by atoms with Crippen LogP contribution in [0.2, 0.25) is 0 Å². The number of hydrogen-bond acceptors (Lipinski definition) is 4. The number of benzene rings is 1. The van der Waals surface area contributed by atoms with Crippen LogP contribution < -0.4 is 5.32 Å². The van der Waals surface area contributed by atoms with Crippen molar-refractivity contribution in [1.29, 1.82) is 5.26 Å². The van der Waals surface area contributed by atoms with Gasteiger partial charge < -0.3 is 14.8 Å². The average Bonchev–Trinajstić information content (AvgIpc) is 3.02. The van der Waals surface area contributed by atoms with Crippen LogP contribution >= 0.6 is 0 Å². The summed E-state index contributed by atoms with van der Waals surface area (Å²) in [5, 5.41) is 20.1. The first-order chi connectivity index (χ1) is 10.5. The number of carbonyl (C=O) groups excluding carboxylic acids is 1. The second-order valence-corrected chi connectivity index (χ2v) is 4.63.